The van der Waals surface area contributed by atoms with E-state index < -0.39 is 6.04 Å². The average molecular weight is 301 g/mol. The van der Waals surface area contributed by atoms with Crippen LogP contribution in [0.1, 0.15) is 12.8 Å². The molecule has 1 amide bonds. The lowest BCUT2D eigenvalue weighted by molar-refractivity contribution is -0.118. The monoisotopic (exact) mass is 300 g/mol. The smallest absolute Gasteiger partial charge is 0.271 e. The topological polar surface area (TPSA) is 84.7 Å². The van der Waals surface area contributed by atoms with Crippen LogP contribution in [0, 0.1) is 0 Å². The molecule has 0 aromatic heterocycles. The van der Waals surface area contributed by atoms with E-state index >= 15 is 0 Å². The molecule has 7 heteroatoms. The van der Waals surface area contributed by atoms with Gasteiger partial charge in [-0.15, -0.1) is 0 Å². The molecule has 5 nitrogen and oxygen atoms in total. The first-order valence-electron chi connectivity index (χ1n) is 5.85. The fourth-order valence-electron chi connectivity index (χ4n) is 2.23. The van der Waals surface area contributed by atoms with E-state index in [1.165, 1.54) is 0 Å². The third kappa shape index (κ3) is 2.93. The number of hydrogen-bond donors (Lipinski definition) is 2. The van der Waals surface area contributed by atoms with Gasteiger partial charge in [-0.05, 0) is 25.0 Å². The Morgan fingerprint density at radius 2 is 2.11 bits per heavy atom. The second kappa shape index (κ2) is 5.67. The van der Waals surface area contributed by atoms with Gasteiger partial charge >= 0.3 is 0 Å². The summed E-state index contributed by atoms with van der Waals surface area (Å²) in [5.74, 6) is -0.581. The number of nitrogens with two attached hydrogens (primary N) is 2. The van der Waals surface area contributed by atoms with Crippen LogP contribution in [0.2, 0.25) is 10.0 Å². The van der Waals surface area contributed by atoms with Gasteiger partial charge in [-0.25, -0.2) is 0 Å². The Morgan fingerprint density at radius 1 is 1.37 bits per heavy atom. The summed E-state index contributed by atoms with van der Waals surface area (Å²) in [6.07, 6.45) is 1.57. The fraction of sp³-hybridized carbons (Fsp3) is 0.333. The van der Waals surface area contributed by atoms with Crippen LogP contribution in [-0.4, -0.2) is 24.5 Å². The Hall–Kier alpha value is -1.46. The van der Waals surface area contributed by atoms with Crippen LogP contribution in [0.5, 0.6) is 0 Å². The summed E-state index contributed by atoms with van der Waals surface area (Å²) in [6.45, 7) is 0.719. The molecule has 1 heterocycles. The highest BCUT2D eigenvalue weighted by Crippen LogP contribution is 2.36. The first-order valence-corrected chi connectivity index (χ1v) is 6.60. The molecule has 1 unspecified atom stereocenters. The fourth-order valence-corrected chi connectivity index (χ4v) is 2.63. The van der Waals surface area contributed by atoms with Crippen molar-refractivity contribution in [1.82, 2.24) is 0 Å². The lowest BCUT2D eigenvalue weighted by atomic mass is 10.2. The molecule has 1 saturated heterocycles. The highest BCUT2D eigenvalue weighted by molar-refractivity contribution is 6.43. The number of carbonyl (C=O) groups is 1. The minimum absolute atomic E-state index is 0.228. The summed E-state index contributed by atoms with van der Waals surface area (Å²) in [5.41, 5.74) is 11.2. The molecule has 1 aromatic carbocycles. The molecule has 1 fully saturated rings. The van der Waals surface area contributed by atoms with Crippen molar-refractivity contribution >= 4 is 40.8 Å². The molecule has 1 aliphatic heterocycles. The third-order valence-electron chi connectivity index (χ3n) is 3.02. The molecule has 4 N–H and O–H groups in total. The average Bonchev–Trinajstić information content (AvgIpc) is 2.80. The molecular formula is C12H14Cl2N4O. The van der Waals surface area contributed by atoms with Crippen molar-refractivity contribution in [2.24, 2.45) is 16.5 Å². The van der Waals surface area contributed by atoms with E-state index in [9.17, 15) is 4.79 Å². The normalized spacial score (nSPS) is 18.4. The molecular weight excluding hydrogens is 287 g/mol. The van der Waals surface area contributed by atoms with Gasteiger partial charge in [-0.1, -0.05) is 29.3 Å². The Balaban J connectivity index is 2.31. The molecule has 0 saturated carbocycles. The van der Waals surface area contributed by atoms with Gasteiger partial charge in [0.05, 0.1) is 15.7 Å². The van der Waals surface area contributed by atoms with Gasteiger partial charge in [0, 0.05) is 6.54 Å². The maximum Gasteiger partial charge on any atom is 0.271 e. The number of halogens is 2. The summed E-state index contributed by atoms with van der Waals surface area (Å²) in [7, 11) is 0. The number of amides is 1. The Labute approximate surface area is 121 Å². The molecule has 0 spiro atoms. The van der Waals surface area contributed by atoms with E-state index in [0.717, 1.165) is 18.7 Å². The Bertz CT molecular complexity index is 528. The van der Waals surface area contributed by atoms with Crippen molar-refractivity contribution in [3.8, 4) is 0 Å². The zero-order valence-corrected chi connectivity index (χ0v) is 11.7. The molecule has 19 heavy (non-hydrogen) atoms. The van der Waals surface area contributed by atoms with Crippen LogP contribution >= 0.6 is 23.2 Å². The number of nitrogens with zero attached hydrogens (tertiary/aromatic N) is 2. The van der Waals surface area contributed by atoms with E-state index in [4.69, 9.17) is 34.7 Å². The number of anilines is 1. The first-order chi connectivity index (χ1) is 9.00. The summed E-state index contributed by atoms with van der Waals surface area (Å²) in [5, 5.41) is 0.896. The van der Waals surface area contributed by atoms with Gasteiger partial charge in [0.15, 0.2) is 5.96 Å². The van der Waals surface area contributed by atoms with Gasteiger partial charge < -0.3 is 16.4 Å². The minimum atomic E-state index is -0.391. The summed E-state index contributed by atoms with van der Waals surface area (Å²) in [4.78, 5) is 17.5. The zero-order chi connectivity index (χ0) is 14.0. The van der Waals surface area contributed by atoms with Gasteiger partial charge in [-0.3, -0.25) is 4.79 Å². The zero-order valence-electron chi connectivity index (χ0n) is 10.1. The Kier molecular flexibility index (Phi) is 4.17. The molecule has 0 aliphatic carbocycles. The third-order valence-corrected chi connectivity index (χ3v) is 3.83. The van der Waals surface area contributed by atoms with E-state index in [-0.39, 0.29) is 11.9 Å². The van der Waals surface area contributed by atoms with Crippen molar-refractivity contribution < 1.29 is 4.79 Å². The number of aliphatic imine (C=N–C) groups is 1. The van der Waals surface area contributed by atoms with E-state index in [0.29, 0.717) is 16.5 Å². The Morgan fingerprint density at radius 3 is 2.79 bits per heavy atom. The van der Waals surface area contributed by atoms with Crippen molar-refractivity contribution in [3.63, 3.8) is 0 Å². The molecule has 2 rings (SSSR count). The van der Waals surface area contributed by atoms with Crippen molar-refractivity contribution in [3.05, 3.63) is 28.2 Å². The maximum atomic E-state index is 12.0. The van der Waals surface area contributed by atoms with Crippen molar-refractivity contribution in [1.29, 1.82) is 0 Å². The van der Waals surface area contributed by atoms with Crippen LogP contribution in [0.15, 0.2) is 23.2 Å². The second-order valence-corrected chi connectivity index (χ2v) is 5.08. The molecule has 1 atom stereocenters. The number of guanidine groups is 1. The quantitative estimate of drug-likeness (QED) is 0.644. The summed E-state index contributed by atoms with van der Waals surface area (Å²) in [6, 6.07) is 4.94. The number of rotatable bonds is 2. The summed E-state index contributed by atoms with van der Waals surface area (Å²) < 4.78 is 0. The number of hydrogen-bond acceptors (Lipinski definition) is 2. The molecule has 0 bridgehead atoms. The molecule has 102 valence electrons. The first kappa shape index (κ1) is 14.0. The maximum absolute atomic E-state index is 12.0. The predicted molar refractivity (Wildman–Crippen MR) is 77.6 cm³/mol. The standard InChI is InChI=1S/C12H14Cl2N4O/c13-7-3-1-4-8(10(7)14)18-6-2-5-9(18)11(19)17-12(15)16/h1,3-4,9H,2,5-6H2,(H4,15,16,17,19). The molecule has 0 radical (unpaired) electrons. The largest absolute Gasteiger partial charge is 0.370 e. The lowest BCUT2D eigenvalue weighted by Crippen LogP contribution is -2.37. The minimum Gasteiger partial charge on any atom is -0.370 e. The van der Waals surface area contributed by atoms with Crippen LogP contribution < -0.4 is 16.4 Å². The lowest BCUT2D eigenvalue weighted by Gasteiger charge is -2.25. The van der Waals surface area contributed by atoms with Crippen LogP contribution in [0.4, 0.5) is 5.69 Å². The molecule has 1 aromatic rings. The van der Waals surface area contributed by atoms with Crippen LogP contribution in [-0.2, 0) is 4.79 Å². The highest BCUT2D eigenvalue weighted by Gasteiger charge is 2.32. The number of benzene rings is 1. The summed E-state index contributed by atoms with van der Waals surface area (Å²) >= 11 is 12.2. The van der Waals surface area contributed by atoms with Crippen molar-refractivity contribution in [2.75, 3.05) is 11.4 Å². The van der Waals surface area contributed by atoms with Gasteiger partial charge in [-0.2, -0.15) is 4.99 Å². The van der Waals surface area contributed by atoms with E-state index in [1.54, 1.807) is 12.1 Å². The van der Waals surface area contributed by atoms with Gasteiger partial charge in [0.1, 0.15) is 6.04 Å². The van der Waals surface area contributed by atoms with Gasteiger partial charge in [0.2, 0.25) is 0 Å². The van der Waals surface area contributed by atoms with Crippen molar-refractivity contribution in [2.45, 2.75) is 18.9 Å². The van der Waals surface area contributed by atoms with Crippen LogP contribution in [0.3, 0.4) is 0 Å². The predicted octanol–water partition coefficient (Wildman–Crippen LogP) is 1.76. The van der Waals surface area contributed by atoms with E-state index in [1.807, 2.05) is 11.0 Å². The highest BCUT2D eigenvalue weighted by atomic mass is 35.5. The second-order valence-electron chi connectivity index (χ2n) is 4.30. The van der Waals surface area contributed by atoms with Gasteiger partial charge in [0.25, 0.3) is 5.91 Å². The van der Waals surface area contributed by atoms with Crippen LogP contribution in [0.25, 0.3) is 0 Å². The molecule has 1 aliphatic rings. The van der Waals surface area contributed by atoms with E-state index in [2.05, 4.69) is 4.99 Å². The SMILES string of the molecule is NC(N)=NC(=O)C1CCCN1c1cccc(Cl)c1Cl. The number of carbonyl (C=O) groups excluding carboxylic acids is 1.